The third-order valence-electron chi connectivity index (χ3n) is 8.32. The van der Waals surface area contributed by atoms with E-state index < -0.39 is 22.2 Å². The number of carbonyl (C=O) groups is 2. The maximum absolute atomic E-state index is 13.2. The van der Waals surface area contributed by atoms with Crippen molar-refractivity contribution in [2.24, 2.45) is 0 Å². The number of rotatable bonds is 10. The smallest absolute Gasteiger partial charge is 0.490 e. The Kier molecular flexibility index (Phi) is 11.1. The fourth-order valence-electron chi connectivity index (χ4n) is 5.63. The number of alkyl halides is 2. The van der Waals surface area contributed by atoms with E-state index in [0.717, 1.165) is 11.1 Å². The Morgan fingerprint density at radius 3 is 2.47 bits per heavy atom. The topological polar surface area (TPSA) is 128 Å². The summed E-state index contributed by atoms with van der Waals surface area (Å²) < 4.78 is 28.5. The van der Waals surface area contributed by atoms with Gasteiger partial charge in [0.15, 0.2) is 22.1 Å². The molecule has 0 N–H and O–H groups in total. The summed E-state index contributed by atoms with van der Waals surface area (Å²) >= 11 is 12.1. The van der Waals surface area contributed by atoms with E-state index in [-0.39, 0.29) is 30.4 Å². The molecule has 13 heteroatoms. The van der Waals surface area contributed by atoms with E-state index in [1.807, 2.05) is 71.9 Å². The van der Waals surface area contributed by atoms with E-state index in [4.69, 9.17) is 46.0 Å². The Hall–Kier alpha value is -4.22. The Balaban J connectivity index is 1.37. The molecule has 0 spiro atoms. The van der Waals surface area contributed by atoms with Crippen molar-refractivity contribution in [1.29, 1.82) is 0 Å². The van der Waals surface area contributed by atoms with Crippen molar-refractivity contribution in [1.82, 2.24) is 10.1 Å². The fourth-order valence-corrected chi connectivity index (χ4v) is 5.87. The molecule has 1 aliphatic heterocycles. The number of amides is 2. The number of halogens is 2. The van der Waals surface area contributed by atoms with Crippen LogP contribution in [0.25, 0.3) is 22.6 Å². The molecular formula is C36H41Cl2N3O8. The van der Waals surface area contributed by atoms with Crippen molar-refractivity contribution < 1.29 is 32.4 Å². The zero-order chi connectivity index (χ0) is 35.5. The molecule has 2 amide bonds. The molecule has 262 valence electrons. The van der Waals surface area contributed by atoms with Gasteiger partial charge in [-0.25, -0.2) is 9.59 Å². The summed E-state index contributed by atoms with van der Waals surface area (Å²) in [5.41, 5.74) is 2.85. The first-order chi connectivity index (χ1) is 23.2. The van der Waals surface area contributed by atoms with Gasteiger partial charge >= 0.3 is 11.9 Å². The minimum absolute atomic E-state index is 0.0982. The van der Waals surface area contributed by atoms with E-state index in [2.05, 4.69) is 5.16 Å². The van der Waals surface area contributed by atoms with Crippen molar-refractivity contribution >= 4 is 40.9 Å². The first-order valence-electron chi connectivity index (χ1n) is 16.3. The zero-order valence-electron chi connectivity index (χ0n) is 28.5. The molecule has 3 heterocycles. The average Bonchev–Trinajstić information content (AvgIpc) is 3.69. The second kappa shape index (κ2) is 15.1. The lowest BCUT2D eigenvalue weighted by molar-refractivity contribution is -0.117. The monoisotopic (exact) mass is 713 g/mol. The van der Waals surface area contributed by atoms with Gasteiger partial charge in [-0.1, -0.05) is 66.5 Å². The predicted molar refractivity (Wildman–Crippen MR) is 186 cm³/mol. The largest absolute Gasteiger partial charge is 0.519 e. The number of ether oxygens (including phenoxy) is 2. The van der Waals surface area contributed by atoms with Gasteiger partial charge in [0.25, 0.3) is 5.91 Å². The van der Waals surface area contributed by atoms with Crippen LogP contribution in [-0.4, -0.2) is 51.7 Å². The Morgan fingerprint density at radius 1 is 1.08 bits per heavy atom. The molecule has 1 atom stereocenters. The van der Waals surface area contributed by atoms with Gasteiger partial charge in [-0.2, -0.15) is 0 Å². The third-order valence-corrected chi connectivity index (χ3v) is 8.69. The van der Waals surface area contributed by atoms with Crippen molar-refractivity contribution in [2.45, 2.75) is 89.8 Å². The number of likely N-dealkylation sites (tertiary alicyclic amines) is 1. The van der Waals surface area contributed by atoms with Gasteiger partial charge in [-0.05, 0) is 57.9 Å². The summed E-state index contributed by atoms with van der Waals surface area (Å²) in [7, 11) is 0. The number of hydrogen-bond acceptors (Lipinski definition) is 9. The number of nitrogens with zero attached hydrogens (tertiary/aromatic N) is 3. The van der Waals surface area contributed by atoms with E-state index in [9.17, 15) is 14.4 Å². The number of aryl methyl sites for hydroxylation is 1. The molecule has 4 aromatic rings. The highest BCUT2D eigenvalue weighted by atomic mass is 35.5. The number of hydrogen-bond donors (Lipinski definition) is 0. The molecule has 49 heavy (non-hydrogen) atoms. The lowest BCUT2D eigenvalue weighted by atomic mass is 10.0. The molecule has 2 aromatic carbocycles. The molecule has 1 unspecified atom stereocenters. The van der Waals surface area contributed by atoms with Gasteiger partial charge in [-0.3, -0.25) is 4.79 Å². The number of benzene rings is 2. The Labute approximate surface area is 295 Å². The van der Waals surface area contributed by atoms with Crippen molar-refractivity contribution in [2.75, 3.05) is 18.0 Å². The van der Waals surface area contributed by atoms with Crippen LogP contribution in [0.15, 0.2) is 66.7 Å². The number of anilines is 1. The van der Waals surface area contributed by atoms with Crippen molar-refractivity contribution in [3.05, 3.63) is 76.2 Å². The highest BCUT2D eigenvalue weighted by Gasteiger charge is 2.30. The van der Waals surface area contributed by atoms with Gasteiger partial charge in [0.05, 0.1) is 6.54 Å². The molecule has 1 saturated heterocycles. The van der Waals surface area contributed by atoms with E-state index in [1.165, 1.54) is 4.90 Å². The minimum Gasteiger partial charge on any atom is -0.490 e. The van der Waals surface area contributed by atoms with Gasteiger partial charge in [-0.15, -0.1) is 0 Å². The molecule has 5 rings (SSSR count). The summed E-state index contributed by atoms with van der Waals surface area (Å²) in [5, 5.41) is 4.39. The summed E-state index contributed by atoms with van der Waals surface area (Å²) in [6.07, 6.45) is 1.60. The van der Waals surface area contributed by atoms with Crippen molar-refractivity contribution in [3.63, 3.8) is 0 Å². The van der Waals surface area contributed by atoms with Crippen LogP contribution in [0.2, 0.25) is 0 Å². The summed E-state index contributed by atoms with van der Waals surface area (Å²) in [5.74, 6) is 0.141. The van der Waals surface area contributed by atoms with Crippen LogP contribution < -0.4 is 15.5 Å². The molecule has 2 aromatic heterocycles. The molecular weight excluding hydrogens is 673 g/mol. The lowest BCUT2D eigenvalue weighted by Gasteiger charge is -2.33. The molecule has 0 aliphatic carbocycles. The number of aromatic nitrogens is 1. The van der Waals surface area contributed by atoms with Crippen molar-refractivity contribution in [3.8, 4) is 28.3 Å². The maximum Gasteiger partial charge on any atom is 0.519 e. The highest BCUT2D eigenvalue weighted by Crippen LogP contribution is 2.37. The van der Waals surface area contributed by atoms with Gasteiger partial charge in [0.2, 0.25) is 0 Å². The molecule has 11 nitrogen and oxygen atoms in total. The summed E-state index contributed by atoms with van der Waals surface area (Å²) in [6, 6.07) is 14.7. The van der Waals surface area contributed by atoms with Crippen LogP contribution in [0, 0.1) is 6.92 Å². The van der Waals surface area contributed by atoms with E-state index >= 15 is 0 Å². The lowest BCUT2D eigenvalue weighted by Crippen LogP contribution is -2.44. The Bertz CT molecular complexity index is 1830. The van der Waals surface area contributed by atoms with E-state index in [0.29, 0.717) is 66.6 Å². The SMILES string of the molecule is CCC(C)c1oc(=O)oc1CN(C(=O)C(Cl)Cl)c1cccc(-c2cc(-c3c(C)cccc3OC3CCN(C(=O)OC(C)(C)C)CC3)no2)c1. The molecule has 1 fully saturated rings. The minimum atomic E-state index is -1.37. The molecule has 0 radical (unpaired) electrons. The van der Waals surface area contributed by atoms with Crippen LogP contribution >= 0.6 is 23.2 Å². The maximum atomic E-state index is 13.2. The molecule has 1 aliphatic rings. The second-order valence-electron chi connectivity index (χ2n) is 13.1. The number of piperidine rings is 1. The first kappa shape index (κ1) is 36.1. The van der Waals surface area contributed by atoms with Crippen LogP contribution in [0.5, 0.6) is 5.75 Å². The quantitative estimate of drug-likeness (QED) is 0.149. The predicted octanol–water partition coefficient (Wildman–Crippen LogP) is 8.49. The first-order valence-corrected chi connectivity index (χ1v) is 17.1. The third kappa shape index (κ3) is 8.69. The highest BCUT2D eigenvalue weighted by molar-refractivity contribution is 6.54. The van der Waals surface area contributed by atoms with Gasteiger partial charge in [0, 0.05) is 54.7 Å². The second-order valence-corrected chi connectivity index (χ2v) is 14.2. The van der Waals surface area contributed by atoms with Crippen LogP contribution in [-0.2, 0) is 16.1 Å². The zero-order valence-corrected chi connectivity index (χ0v) is 30.0. The van der Waals surface area contributed by atoms with Crippen LogP contribution in [0.3, 0.4) is 0 Å². The molecule has 0 bridgehead atoms. The molecule has 0 saturated carbocycles. The summed E-state index contributed by atoms with van der Waals surface area (Å²) in [4.78, 5) is 39.5. The van der Waals surface area contributed by atoms with Gasteiger partial charge in [0.1, 0.15) is 23.1 Å². The Morgan fingerprint density at radius 2 is 1.80 bits per heavy atom. The van der Waals surface area contributed by atoms with E-state index in [1.54, 1.807) is 23.1 Å². The average molecular weight is 715 g/mol. The van der Waals surface area contributed by atoms with Gasteiger partial charge < -0.3 is 32.6 Å². The fraction of sp³-hybridized carbons (Fsp3) is 0.444. The van der Waals surface area contributed by atoms with Crippen LogP contribution in [0.1, 0.15) is 76.9 Å². The van der Waals surface area contributed by atoms with Crippen LogP contribution in [0.4, 0.5) is 10.5 Å². The standard InChI is InChI=1S/C36H41Cl2N3O8/c1-7-21(2)31-29(46-35(44)47-31)20-41(33(42)32(37)38)24-12-9-11-23(18-24)28-19-26(39-49-28)30-22(3)10-8-13-27(30)45-25-14-16-40(17-15-25)34(43)48-36(4,5)6/h8-13,18-19,21,25,32H,7,14-17,20H2,1-6H3. The summed E-state index contributed by atoms with van der Waals surface area (Å²) in [6.45, 7) is 12.3. The number of carbonyl (C=O) groups excluding carboxylic acids is 2. The normalized spacial score (nSPS) is 14.6.